The molecular weight excluding hydrogens is 592 g/mol. The molecule has 45 heavy (non-hydrogen) atoms. The van der Waals surface area contributed by atoms with Crippen LogP contribution in [0.5, 0.6) is 5.75 Å². The number of thiazole rings is 1. The first-order chi connectivity index (χ1) is 21.7. The topological polar surface area (TPSA) is 129 Å². The average molecular weight is 621 g/mol. The lowest BCUT2D eigenvalue weighted by molar-refractivity contribution is -0.384. The van der Waals surface area contributed by atoms with E-state index in [1.807, 2.05) is 49.4 Å². The lowest BCUT2D eigenvalue weighted by atomic mass is 9.95. The van der Waals surface area contributed by atoms with Crippen LogP contribution in [0, 0.1) is 17.0 Å². The Morgan fingerprint density at radius 3 is 2.53 bits per heavy atom. The highest BCUT2D eigenvalue weighted by atomic mass is 32.1. The number of benzene rings is 3. The molecule has 0 bridgehead atoms. The fraction of sp³-hybridized carbons (Fsp3) is 0.147. The number of anilines is 1. The summed E-state index contributed by atoms with van der Waals surface area (Å²) < 4.78 is 13.6. The van der Waals surface area contributed by atoms with Crippen LogP contribution in [0.25, 0.3) is 17.4 Å². The van der Waals surface area contributed by atoms with Crippen molar-refractivity contribution < 1.29 is 18.9 Å². The van der Waals surface area contributed by atoms with Gasteiger partial charge < -0.3 is 14.5 Å². The van der Waals surface area contributed by atoms with Gasteiger partial charge in [-0.25, -0.2) is 4.99 Å². The predicted octanol–water partition coefficient (Wildman–Crippen LogP) is 5.75. The van der Waals surface area contributed by atoms with Crippen LogP contribution in [0.3, 0.4) is 0 Å². The monoisotopic (exact) mass is 620 g/mol. The number of aromatic nitrogens is 1. The first-order valence-corrected chi connectivity index (χ1v) is 15.0. The van der Waals surface area contributed by atoms with Gasteiger partial charge in [-0.2, -0.15) is 0 Å². The predicted molar refractivity (Wildman–Crippen MR) is 172 cm³/mol. The molecule has 3 heterocycles. The van der Waals surface area contributed by atoms with Crippen molar-refractivity contribution in [2.45, 2.75) is 26.8 Å². The molecule has 0 unspecified atom stereocenters. The number of hydrogen-bond donors (Lipinski definition) is 1. The zero-order chi connectivity index (χ0) is 31.7. The number of carbonyl (C=O) groups excluding carboxylic acids is 1. The second kappa shape index (κ2) is 12.2. The van der Waals surface area contributed by atoms with E-state index in [-0.39, 0.29) is 17.2 Å². The summed E-state index contributed by atoms with van der Waals surface area (Å²) in [4.78, 5) is 43.6. The summed E-state index contributed by atoms with van der Waals surface area (Å²) in [5.41, 5.74) is 3.30. The molecule has 1 aliphatic heterocycles. The number of nitrogens with zero attached hydrogens (tertiary/aromatic N) is 3. The molecule has 0 fully saturated rings. The Morgan fingerprint density at radius 1 is 1.09 bits per heavy atom. The van der Waals surface area contributed by atoms with Crippen LogP contribution in [0.15, 0.2) is 110 Å². The van der Waals surface area contributed by atoms with Gasteiger partial charge >= 0.3 is 0 Å². The number of allylic oxidation sites excluding steroid dienone is 1. The first kappa shape index (κ1) is 29.5. The molecule has 11 heteroatoms. The number of nitro benzene ring substituents is 1. The number of nitro groups is 1. The summed E-state index contributed by atoms with van der Waals surface area (Å²) in [5.74, 6) is 1.28. The number of amides is 1. The minimum Gasteiger partial charge on any atom is -0.494 e. The van der Waals surface area contributed by atoms with Gasteiger partial charge in [-0.05, 0) is 74.4 Å². The highest BCUT2D eigenvalue weighted by molar-refractivity contribution is 7.07. The third kappa shape index (κ3) is 5.85. The number of hydrogen-bond acceptors (Lipinski definition) is 8. The van der Waals surface area contributed by atoms with Crippen molar-refractivity contribution in [2.75, 3.05) is 11.9 Å². The zero-order valence-electron chi connectivity index (χ0n) is 24.6. The van der Waals surface area contributed by atoms with Gasteiger partial charge in [0, 0.05) is 29.5 Å². The maximum Gasteiger partial charge on any atom is 0.271 e. The third-order valence-corrected chi connectivity index (χ3v) is 8.37. The second-order valence-electron chi connectivity index (χ2n) is 10.4. The Morgan fingerprint density at radius 2 is 1.84 bits per heavy atom. The van der Waals surface area contributed by atoms with Crippen molar-refractivity contribution in [1.29, 1.82) is 0 Å². The molecule has 3 aromatic carbocycles. The molecule has 5 aromatic rings. The summed E-state index contributed by atoms with van der Waals surface area (Å²) >= 11 is 1.20. The van der Waals surface area contributed by atoms with E-state index in [9.17, 15) is 19.7 Å². The van der Waals surface area contributed by atoms with Gasteiger partial charge in [0.25, 0.3) is 17.2 Å². The number of furan rings is 1. The summed E-state index contributed by atoms with van der Waals surface area (Å²) in [6.07, 6.45) is 1.65. The summed E-state index contributed by atoms with van der Waals surface area (Å²) in [7, 11) is 0. The lowest BCUT2D eigenvalue weighted by Crippen LogP contribution is -2.40. The molecule has 226 valence electrons. The first-order valence-electron chi connectivity index (χ1n) is 14.2. The molecule has 0 spiro atoms. The van der Waals surface area contributed by atoms with Crippen molar-refractivity contribution in [3.05, 3.63) is 143 Å². The van der Waals surface area contributed by atoms with Crippen LogP contribution in [0.4, 0.5) is 11.4 Å². The maximum atomic E-state index is 14.0. The number of nitrogens with one attached hydrogen (secondary N) is 1. The smallest absolute Gasteiger partial charge is 0.271 e. The highest BCUT2D eigenvalue weighted by Gasteiger charge is 2.32. The Kier molecular flexibility index (Phi) is 8.01. The van der Waals surface area contributed by atoms with E-state index < -0.39 is 11.0 Å². The van der Waals surface area contributed by atoms with E-state index in [4.69, 9.17) is 14.1 Å². The Balaban J connectivity index is 1.42. The van der Waals surface area contributed by atoms with E-state index >= 15 is 0 Å². The molecular formula is C34H28N4O6S. The van der Waals surface area contributed by atoms with Gasteiger partial charge in [0.15, 0.2) is 4.80 Å². The zero-order valence-corrected chi connectivity index (χ0v) is 25.5. The van der Waals surface area contributed by atoms with Crippen molar-refractivity contribution in [1.82, 2.24) is 4.57 Å². The minimum absolute atomic E-state index is 0.00154. The summed E-state index contributed by atoms with van der Waals surface area (Å²) in [5, 5.41) is 14.1. The van der Waals surface area contributed by atoms with Crippen LogP contribution in [0.2, 0.25) is 0 Å². The molecule has 0 saturated carbocycles. The molecule has 2 aromatic heterocycles. The van der Waals surface area contributed by atoms with Crippen LogP contribution in [-0.4, -0.2) is 22.0 Å². The molecule has 1 atom stereocenters. The van der Waals surface area contributed by atoms with Gasteiger partial charge in [-0.1, -0.05) is 41.7 Å². The largest absolute Gasteiger partial charge is 0.494 e. The fourth-order valence-corrected chi connectivity index (χ4v) is 6.33. The Hall–Kier alpha value is -5.55. The van der Waals surface area contributed by atoms with E-state index in [1.54, 1.807) is 54.8 Å². The molecule has 0 saturated heterocycles. The van der Waals surface area contributed by atoms with Crippen molar-refractivity contribution >= 4 is 34.7 Å². The molecule has 10 nitrogen and oxygen atoms in total. The molecule has 0 radical (unpaired) electrons. The number of carbonyl (C=O) groups is 1. The second-order valence-corrected chi connectivity index (χ2v) is 11.4. The standard InChI is InChI=1S/C34H28N4O6S/c1-4-43-25-13-10-22(11-14-25)31-30(32(39)36-23-8-6-5-7-9-23)21(3)35-34-37(31)33(40)29(45-34)19-26-15-17-28(44-26)27-16-12-24(38(41)42)18-20(27)2/h5-19,31H,4H2,1-3H3,(H,36,39)/b29-19-/t31-/m0/s1. The van der Waals surface area contributed by atoms with Crippen molar-refractivity contribution in [3.63, 3.8) is 0 Å². The normalized spacial score (nSPS) is 14.6. The summed E-state index contributed by atoms with van der Waals surface area (Å²) in [6.45, 7) is 5.96. The number of non-ortho nitro benzene ring substituents is 1. The van der Waals surface area contributed by atoms with Gasteiger partial charge in [-0.15, -0.1) is 0 Å². The van der Waals surface area contributed by atoms with Gasteiger partial charge in [-0.3, -0.25) is 24.3 Å². The molecule has 6 rings (SSSR count). The van der Waals surface area contributed by atoms with Crippen LogP contribution >= 0.6 is 11.3 Å². The molecule has 1 aliphatic rings. The van der Waals surface area contributed by atoms with Gasteiger partial charge in [0.1, 0.15) is 17.3 Å². The quantitative estimate of drug-likeness (QED) is 0.174. The van der Waals surface area contributed by atoms with E-state index in [2.05, 4.69) is 5.32 Å². The molecule has 1 N–H and O–H groups in total. The van der Waals surface area contributed by atoms with Crippen LogP contribution in [-0.2, 0) is 4.79 Å². The lowest BCUT2D eigenvalue weighted by Gasteiger charge is -2.25. The van der Waals surface area contributed by atoms with E-state index in [1.165, 1.54) is 23.5 Å². The van der Waals surface area contributed by atoms with Crippen LogP contribution < -0.4 is 24.9 Å². The third-order valence-electron chi connectivity index (χ3n) is 7.39. The van der Waals surface area contributed by atoms with Crippen molar-refractivity contribution in [2.24, 2.45) is 4.99 Å². The van der Waals surface area contributed by atoms with Crippen LogP contribution in [0.1, 0.15) is 36.8 Å². The Labute approximate surface area is 261 Å². The summed E-state index contributed by atoms with van der Waals surface area (Å²) in [6, 6.07) is 23.8. The van der Waals surface area contributed by atoms with E-state index in [0.29, 0.717) is 61.3 Å². The molecule has 1 amide bonds. The van der Waals surface area contributed by atoms with Crippen molar-refractivity contribution in [3.8, 4) is 17.1 Å². The number of aryl methyl sites for hydroxylation is 1. The van der Waals surface area contributed by atoms with Gasteiger partial charge in [0.05, 0.1) is 33.4 Å². The number of para-hydroxylation sites is 1. The highest BCUT2D eigenvalue weighted by Crippen LogP contribution is 2.32. The maximum absolute atomic E-state index is 14.0. The number of rotatable bonds is 8. The SMILES string of the molecule is CCOc1ccc([C@H]2C(C(=O)Nc3ccccc3)=C(C)N=c3s/c(=C\c4ccc(-c5ccc([N+](=O)[O-])cc5C)o4)c(=O)n32)cc1. The molecule has 0 aliphatic carbocycles. The Bertz CT molecular complexity index is 2140. The number of fused-ring (bicyclic) bond motifs is 1. The minimum atomic E-state index is -0.738. The fourth-order valence-electron chi connectivity index (χ4n) is 5.30. The van der Waals surface area contributed by atoms with E-state index in [0.717, 1.165) is 5.56 Å². The van der Waals surface area contributed by atoms with Gasteiger partial charge in [0.2, 0.25) is 0 Å². The average Bonchev–Trinajstić information content (AvgIpc) is 3.61. The number of ether oxygens (including phenoxy) is 1.